The molecule has 1 heterocycles. The first kappa shape index (κ1) is 12.4. The summed E-state index contributed by atoms with van der Waals surface area (Å²) in [6.45, 7) is 7.03. The standard InChI is InChI=1S/C14H21FN2/c1-3-12-10-17(8-4-7-16-12)13-6-5-11(2)14(15)9-13/h5-6,9,12,16H,3-4,7-8,10H2,1-2H3. The van der Waals surface area contributed by atoms with Crippen molar-refractivity contribution in [2.75, 3.05) is 24.5 Å². The lowest BCUT2D eigenvalue weighted by Gasteiger charge is -2.26. The molecule has 1 saturated heterocycles. The van der Waals surface area contributed by atoms with Crippen LogP contribution in [0.1, 0.15) is 25.3 Å². The zero-order chi connectivity index (χ0) is 12.3. The number of rotatable bonds is 2. The number of nitrogens with zero attached hydrogens (tertiary/aromatic N) is 1. The van der Waals surface area contributed by atoms with E-state index in [1.165, 1.54) is 0 Å². The molecule has 0 bridgehead atoms. The van der Waals surface area contributed by atoms with Crippen molar-refractivity contribution in [2.45, 2.75) is 32.7 Å². The first-order valence-electron chi connectivity index (χ1n) is 6.45. The van der Waals surface area contributed by atoms with Crippen molar-refractivity contribution in [1.82, 2.24) is 5.32 Å². The fourth-order valence-electron chi connectivity index (χ4n) is 2.28. The maximum atomic E-state index is 13.6. The van der Waals surface area contributed by atoms with Gasteiger partial charge in [0.05, 0.1) is 0 Å². The van der Waals surface area contributed by atoms with Crippen LogP contribution in [0.25, 0.3) is 0 Å². The van der Waals surface area contributed by atoms with Crippen molar-refractivity contribution in [3.8, 4) is 0 Å². The molecule has 1 atom stereocenters. The second-order valence-electron chi connectivity index (χ2n) is 4.79. The molecule has 1 aliphatic heterocycles. The highest BCUT2D eigenvalue weighted by molar-refractivity contribution is 5.48. The van der Waals surface area contributed by atoms with Crippen molar-refractivity contribution in [1.29, 1.82) is 0 Å². The summed E-state index contributed by atoms with van der Waals surface area (Å²) in [4.78, 5) is 2.29. The lowest BCUT2D eigenvalue weighted by atomic mass is 10.1. The molecule has 1 aromatic rings. The van der Waals surface area contributed by atoms with E-state index in [2.05, 4.69) is 17.1 Å². The van der Waals surface area contributed by atoms with Gasteiger partial charge in [-0.1, -0.05) is 13.0 Å². The molecule has 1 fully saturated rings. The Morgan fingerprint density at radius 3 is 3.00 bits per heavy atom. The number of nitrogens with one attached hydrogen (secondary N) is 1. The van der Waals surface area contributed by atoms with Crippen LogP contribution in [0, 0.1) is 12.7 Å². The molecule has 1 aliphatic rings. The maximum absolute atomic E-state index is 13.6. The highest BCUT2D eigenvalue weighted by Crippen LogP contribution is 2.20. The smallest absolute Gasteiger partial charge is 0.128 e. The number of benzene rings is 1. The first-order chi connectivity index (χ1) is 8.20. The van der Waals surface area contributed by atoms with E-state index in [4.69, 9.17) is 0 Å². The van der Waals surface area contributed by atoms with Gasteiger partial charge >= 0.3 is 0 Å². The zero-order valence-electron chi connectivity index (χ0n) is 10.7. The van der Waals surface area contributed by atoms with E-state index >= 15 is 0 Å². The molecule has 0 aliphatic carbocycles. The van der Waals surface area contributed by atoms with Crippen LogP contribution in [0.4, 0.5) is 10.1 Å². The van der Waals surface area contributed by atoms with Gasteiger partial charge < -0.3 is 10.2 Å². The number of halogens is 1. The zero-order valence-corrected chi connectivity index (χ0v) is 10.7. The van der Waals surface area contributed by atoms with E-state index < -0.39 is 0 Å². The highest BCUT2D eigenvalue weighted by Gasteiger charge is 2.16. The molecule has 2 nitrogen and oxygen atoms in total. The molecule has 0 spiro atoms. The quantitative estimate of drug-likeness (QED) is 0.849. The lowest BCUT2D eigenvalue weighted by Crippen LogP contribution is -2.37. The Labute approximate surface area is 103 Å². The summed E-state index contributed by atoms with van der Waals surface area (Å²) in [5.41, 5.74) is 1.73. The molecule has 0 aromatic heterocycles. The SMILES string of the molecule is CCC1CN(c2ccc(C)c(F)c2)CCCN1. The molecular weight excluding hydrogens is 215 g/mol. The van der Waals surface area contributed by atoms with Gasteiger partial charge in [0.25, 0.3) is 0 Å². The predicted octanol–water partition coefficient (Wildman–Crippen LogP) is 2.71. The minimum atomic E-state index is -0.104. The summed E-state index contributed by atoms with van der Waals surface area (Å²) in [5.74, 6) is -0.104. The molecule has 3 heteroatoms. The fraction of sp³-hybridized carbons (Fsp3) is 0.571. The van der Waals surface area contributed by atoms with Crippen LogP contribution < -0.4 is 10.2 Å². The lowest BCUT2D eigenvalue weighted by molar-refractivity contribution is 0.528. The van der Waals surface area contributed by atoms with Crippen molar-refractivity contribution in [2.24, 2.45) is 0 Å². The van der Waals surface area contributed by atoms with Gasteiger partial charge in [0.15, 0.2) is 0 Å². The monoisotopic (exact) mass is 236 g/mol. The normalized spacial score (nSPS) is 21.4. The first-order valence-corrected chi connectivity index (χ1v) is 6.45. The third-order valence-corrected chi connectivity index (χ3v) is 3.49. The molecule has 94 valence electrons. The second kappa shape index (κ2) is 5.50. The summed E-state index contributed by atoms with van der Waals surface area (Å²) in [6.07, 6.45) is 2.23. The second-order valence-corrected chi connectivity index (χ2v) is 4.79. The minimum absolute atomic E-state index is 0.104. The van der Waals surface area contributed by atoms with Crippen LogP contribution >= 0.6 is 0 Å². The van der Waals surface area contributed by atoms with Crippen LogP contribution in [0.15, 0.2) is 18.2 Å². The molecule has 0 radical (unpaired) electrons. The van der Waals surface area contributed by atoms with E-state index in [0.29, 0.717) is 11.6 Å². The molecular formula is C14H21FN2. The largest absolute Gasteiger partial charge is 0.370 e. The van der Waals surface area contributed by atoms with E-state index in [9.17, 15) is 4.39 Å². The van der Waals surface area contributed by atoms with Gasteiger partial charge in [0, 0.05) is 24.8 Å². The molecule has 0 saturated carbocycles. The van der Waals surface area contributed by atoms with Gasteiger partial charge in [-0.05, 0) is 44.0 Å². The minimum Gasteiger partial charge on any atom is -0.370 e. The average Bonchev–Trinajstić information content (AvgIpc) is 2.58. The van der Waals surface area contributed by atoms with Crippen LogP contribution in [-0.2, 0) is 0 Å². The van der Waals surface area contributed by atoms with Gasteiger partial charge in [-0.2, -0.15) is 0 Å². The molecule has 1 N–H and O–H groups in total. The molecule has 1 unspecified atom stereocenters. The number of anilines is 1. The van der Waals surface area contributed by atoms with E-state index in [1.54, 1.807) is 13.0 Å². The van der Waals surface area contributed by atoms with Crippen molar-refractivity contribution >= 4 is 5.69 Å². The van der Waals surface area contributed by atoms with E-state index in [-0.39, 0.29) is 5.82 Å². The van der Waals surface area contributed by atoms with Gasteiger partial charge in [0.2, 0.25) is 0 Å². The van der Waals surface area contributed by atoms with Crippen molar-refractivity contribution < 1.29 is 4.39 Å². The molecule has 2 rings (SSSR count). The van der Waals surface area contributed by atoms with Crippen LogP contribution in [0.3, 0.4) is 0 Å². The highest BCUT2D eigenvalue weighted by atomic mass is 19.1. The Morgan fingerprint density at radius 1 is 1.47 bits per heavy atom. The summed E-state index contributed by atoms with van der Waals surface area (Å²) in [6, 6.07) is 6.06. The van der Waals surface area contributed by atoms with E-state index in [0.717, 1.165) is 38.2 Å². The van der Waals surface area contributed by atoms with E-state index in [1.807, 2.05) is 12.1 Å². The van der Waals surface area contributed by atoms with Crippen LogP contribution in [0.2, 0.25) is 0 Å². The Balaban J connectivity index is 2.16. The summed E-state index contributed by atoms with van der Waals surface area (Å²) in [5, 5.41) is 3.52. The van der Waals surface area contributed by atoms with Gasteiger partial charge in [-0.25, -0.2) is 4.39 Å². The Morgan fingerprint density at radius 2 is 2.29 bits per heavy atom. The fourth-order valence-corrected chi connectivity index (χ4v) is 2.28. The Hall–Kier alpha value is -1.09. The Kier molecular flexibility index (Phi) is 4.00. The number of aryl methyl sites for hydroxylation is 1. The predicted molar refractivity (Wildman–Crippen MR) is 70.0 cm³/mol. The third-order valence-electron chi connectivity index (χ3n) is 3.49. The summed E-state index contributed by atoms with van der Waals surface area (Å²) in [7, 11) is 0. The van der Waals surface area contributed by atoms with Crippen molar-refractivity contribution in [3.05, 3.63) is 29.6 Å². The average molecular weight is 236 g/mol. The number of hydrogen-bond donors (Lipinski definition) is 1. The topological polar surface area (TPSA) is 15.3 Å². The van der Waals surface area contributed by atoms with Gasteiger partial charge in [-0.3, -0.25) is 0 Å². The molecule has 0 amide bonds. The molecule has 17 heavy (non-hydrogen) atoms. The summed E-state index contributed by atoms with van der Waals surface area (Å²) < 4.78 is 13.6. The third kappa shape index (κ3) is 2.97. The summed E-state index contributed by atoms with van der Waals surface area (Å²) >= 11 is 0. The number of hydrogen-bond acceptors (Lipinski definition) is 2. The van der Waals surface area contributed by atoms with Crippen molar-refractivity contribution in [3.63, 3.8) is 0 Å². The molecule has 1 aromatic carbocycles. The Bertz CT molecular complexity index is 378. The van der Waals surface area contributed by atoms with Crippen LogP contribution in [0.5, 0.6) is 0 Å². The van der Waals surface area contributed by atoms with Crippen LogP contribution in [-0.4, -0.2) is 25.7 Å². The van der Waals surface area contributed by atoms with Gasteiger partial charge in [-0.15, -0.1) is 0 Å². The van der Waals surface area contributed by atoms with Gasteiger partial charge in [0.1, 0.15) is 5.82 Å². The maximum Gasteiger partial charge on any atom is 0.128 e.